The molecule has 0 spiro atoms. The Morgan fingerprint density at radius 2 is 2.11 bits per heavy atom. The first-order valence-electron chi connectivity index (χ1n) is 6.89. The molecule has 1 N–H and O–H groups in total. The summed E-state index contributed by atoms with van der Waals surface area (Å²) in [7, 11) is -2.83. The van der Waals surface area contributed by atoms with Gasteiger partial charge in [0, 0.05) is 18.2 Å². The zero-order valence-corrected chi connectivity index (χ0v) is 12.4. The van der Waals surface area contributed by atoms with E-state index in [4.69, 9.17) is 4.74 Å². The highest BCUT2D eigenvalue weighted by Gasteiger charge is 2.40. The number of ether oxygens (including phenoxy) is 1. The molecule has 2 heterocycles. The normalized spacial score (nSPS) is 40.2. The lowest BCUT2D eigenvalue weighted by Gasteiger charge is -2.37. The van der Waals surface area contributed by atoms with Gasteiger partial charge in [-0.2, -0.15) is 0 Å². The number of nitrogens with one attached hydrogen (secondary N) is 1. The molecule has 0 aromatic heterocycles. The molecular formula is C13H25NO3S. The highest BCUT2D eigenvalue weighted by atomic mass is 32.2. The van der Waals surface area contributed by atoms with Crippen LogP contribution in [-0.2, 0) is 14.6 Å². The van der Waals surface area contributed by atoms with Crippen LogP contribution in [0, 0.1) is 5.92 Å². The fourth-order valence-corrected chi connectivity index (χ4v) is 5.15. The lowest BCUT2D eigenvalue weighted by molar-refractivity contribution is -0.0279. The molecule has 2 saturated heterocycles. The monoisotopic (exact) mass is 275 g/mol. The van der Waals surface area contributed by atoms with Crippen molar-refractivity contribution < 1.29 is 13.2 Å². The van der Waals surface area contributed by atoms with Crippen molar-refractivity contribution in [3.8, 4) is 0 Å². The smallest absolute Gasteiger partial charge is 0.152 e. The minimum Gasteiger partial charge on any atom is -0.378 e. The Morgan fingerprint density at radius 1 is 1.39 bits per heavy atom. The summed E-state index contributed by atoms with van der Waals surface area (Å²) in [4.78, 5) is 0. The zero-order chi connectivity index (χ0) is 13.4. The third-order valence-corrected chi connectivity index (χ3v) is 6.02. The topological polar surface area (TPSA) is 55.4 Å². The fourth-order valence-electron chi connectivity index (χ4n) is 3.04. The van der Waals surface area contributed by atoms with Gasteiger partial charge < -0.3 is 10.1 Å². The SMILES string of the molecule is CC(C)C1CC(NC2(C)CCS(=O)(=O)C2)CCO1. The second-order valence-corrected chi connectivity index (χ2v) is 8.61. The average molecular weight is 275 g/mol. The molecule has 106 valence electrons. The third kappa shape index (κ3) is 3.45. The fraction of sp³-hybridized carbons (Fsp3) is 1.00. The van der Waals surface area contributed by atoms with Crippen molar-refractivity contribution in [2.24, 2.45) is 5.92 Å². The summed E-state index contributed by atoms with van der Waals surface area (Å²) >= 11 is 0. The predicted octanol–water partition coefficient (Wildman–Crippen LogP) is 1.36. The molecule has 0 saturated carbocycles. The van der Waals surface area contributed by atoms with Crippen LogP contribution in [0.3, 0.4) is 0 Å². The van der Waals surface area contributed by atoms with Gasteiger partial charge in [-0.15, -0.1) is 0 Å². The summed E-state index contributed by atoms with van der Waals surface area (Å²) in [5.41, 5.74) is -0.234. The largest absolute Gasteiger partial charge is 0.378 e. The Kier molecular flexibility index (Phi) is 4.04. The number of sulfone groups is 1. The summed E-state index contributed by atoms with van der Waals surface area (Å²) in [6, 6.07) is 0.393. The minimum absolute atomic E-state index is 0.234. The van der Waals surface area contributed by atoms with Gasteiger partial charge in [0.25, 0.3) is 0 Å². The molecule has 0 radical (unpaired) electrons. The van der Waals surface area contributed by atoms with Crippen molar-refractivity contribution in [2.45, 2.75) is 57.7 Å². The average Bonchev–Trinajstić information content (AvgIpc) is 2.53. The first-order valence-corrected chi connectivity index (χ1v) is 8.71. The molecule has 0 aliphatic carbocycles. The lowest BCUT2D eigenvalue weighted by atomic mass is 9.92. The van der Waals surface area contributed by atoms with E-state index in [-0.39, 0.29) is 11.3 Å². The van der Waals surface area contributed by atoms with E-state index >= 15 is 0 Å². The van der Waals surface area contributed by atoms with E-state index in [9.17, 15) is 8.42 Å². The first kappa shape index (κ1) is 14.3. The van der Waals surface area contributed by atoms with Crippen LogP contribution < -0.4 is 5.32 Å². The molecule has 2 fully saturated rings. The highest BCUT2D eigenvalue weighted by Crippen LogP contribution is 2.27. The van der Waals surface area contributed by atoms with Crippen molar-refractivity contribution in [2.75, 3.05) is 18.1 Å². The van der Waals surface area contributed by atoms with E-state index < -0.39 is 9.84 Å². The molecule has 0 amide bonds. The Labute approximate surface area is 110 Å². The predicted molar refractivity (Wildman–Crippen MR) is 72.4 cm³/mol. The number of rotatable bonds is 3. The molecule has 2 aliphatic heterocycles. The van der Waals surface area contributed by atoms with Gasteiger partial charge in [0.1, 0.15) is 0 Å². The van der Waals surface area contributed by atoms with Gasteiger partial charge in [-0.1, -0.05) is 13.8 Å². The molecule has 0 bridgehead atoms. The van der Waals surface area contributed by atoms with E-state index in [0.717, 1.165) is 25.9 Å². The Hall–Kier alpha value is -0.130. The van der Waals surface area contributed by atoms with Crippen LogP contribution in [-0.4, -0.2) is 44.2 Å². The highest BCUT2D eigenvalue weighted by molar-refractivity contribution is 7.91. The van der Waals surface area contributed by atoms with Gasteiger partial charge in [0.2, 0.25) is 0 Å². The summed E-state index contributed by atoms with van der Waals surface area (Å²) < 4.78 is 28.9. The molecule has 4 nitrogen and oxygen atoms in total. The Balaban J connectivity index is 1.93. The van der Waals surface area contributed by atoms with E-state index in [1.54, 1.807) is 0 Å². The third-order valence-electron chi connectivity index (χ3n) is 4.11. The van der Waals surface area contributed by atoms with Crippen LogP contribution in [0.1, 0.15) is 40.0 Å². The van der Waals surface area contributed by atoms with Crippen molar-refractivity contribution in [1.82, 2.24) is 5.32 Å². The maximum absolute atomic E-state index is 11.6. The summed E-state index contributed by atoms with van der Waals surface area (Å²) in [6.07, 6.45) is 3.02. The van der Waals surface area contributed by atoms with Crippen LogP contribution in [0.2, 0.25) is 0 Å². The van der Waals surface area contributed by atoms with Gasteiger partial charge >= 0.3 is 0 Å². The first-order chi connectivity index (χ1) is 8.30. The molecule has 18 heavy (non-hydrogen) atoms. The summed E-state index contributed by atoms with van der Waals surface area (Å²) in [5, 5.41) is 3.58. The van der Waals surface area contributed by atoms with Crippen LogP contribution >= 0.6 is 0 Å². The van der Waals surface area contributed by atoms with Gasteiger partial charge in [-0.05, 0) is 32.1 Å². The summed E-state index contributed by atoms with van der Waals surface area (Å²) in [6.45, 7) is 7.17. The molecule has 2 rings (SSSR count). The van der Waals surface area contributed by atoms with E-state index in [1.165, 1.54) is 0 Å². The second-order valence-electron chi connectivity index (χ2n) is 6.42. The molecule has 0 aromatic rings. The molecule has 2 aliphatic rings. The minimum atomic E-state index is -2.83. The van der Waals surface area contributed by atoms with Gasteiger partial charge in [-0.3, -0.25) is 0 Å². The van der Waals surface area contributed by atoms with Crippen LogP contribution in [0.25, 0.3) is 0 Å². The number of hydrogen-bond acceptors (Lipinski definition) is 4. The Morgan fingerprint density at radius 3 is 2.67 bits per heavy atom. The summed E-state index contributed by atoms with van der Waals surface area (Å²) in [5.74, 6) is 1.13. The molecule has 3 atom stereocenters. The quantitative estimate of drug-likeness (QED) is 0.845. The van der Waals surface area contributed by atoms with E-state index in [1.807, 2.05) is 6.92 Å². The van der Waals surface area contributed by atoms with Gasteiger partial charge in [0.05, 0.1) is 17.6 Å². The molecule has 3 unspecified atom stereocenters. The maximum atomic E-state index is 11.6. The van der Waals surface area contributed by atoms with E-state index in [0.29, 0.717) is 23.8 Å². The standard InChI is InChI=1S/C13H25NO3S/c1-10(2)12-8-11(4-6-17-12)14-13(3)5-7-18(15,16)9-13/h10-12,14H,4-9H2,1-3H3. The van der Waals surface area contributed by atoms with Gasteiger partial charge in [-0.25, -0.2) is 8.42 Å². The van der Waals surface area contributed by atoms with Crippen LogP contribution in [0.15, 0.2) is 0 Å². The van der Waals surface area contributed by atoms with E-state index in [2.05, 4.69) is 19.2 Å². The second kappa shape index (κ2) is 5.10. The Bertz CT molecular complexity index is 393. The van der Waals surface area contributed by atoms with Crippen LogP contribution in [0.5, 0.6) is 0 Å². The van der Waals surface area contributed by atoms with Gasteiger partial charge in [0.15, 0.2) is 9.84 Å². The number of hydrogen-bond donors (Lipinski definition) is 1. The molecule has 5 heteroatoms. The van der Waals surface area contributed by atoms with Crippen molar-refractivity contribution in [3.05, 3.63) is 0 Å². The van der Waals surface area contributed by atoms with Crippen molar-refractivity contribution in [1.29, 1.82) is 0 Å². The van der Waals surface area contributed by atoms with Crippen LogP contribution in [0.4, 0.5) is 0 Å². The van der Waals surface area contributed by atoms with Crippen molar-refractivity contribution in [3.63, 3.8) is 0 Å². The van der Waals surface area contributed by atoms with Crippen molar-refractivity contribution >= 4 is 9.84 Å². The lowest BCUT2D eigenvalue weighted by Crippen LogP contribution is -2.52. The zero-order valence-electron chi connectivity index (χ0n) is 11.6. The molecule has 0 aromatic carbocycles. The molecular weight excluding hydrogens is 250 g/mol. The maximum Gasteiger partial charge on any atom is 0.152 e.